The molecule has 0 saturated carbocycles. The summed E-state index contributed by atoms with van der Waals surface area (Å²) < 4.78 is 0.486. The molecule has 1 nitrogen and oxygen atoms in total. The van der Waals surface area contributed by atoms with E-state index < -0.39 is 0 Å². The van der Waals surface area contributed by atoms with Crippen molar-refractivity contribution in [3.8, 4) is 0 Å². The third-order valence-electron chi connectivity index (χ3n) is 0.830. The van der Waals surface area contributed by atoms with Crippen LogP contribution in [0.1, 0.15) is 0 Å². The van der Waals surface area contributed by atoms with Crippen LogP contribution in [0.2, 0.25) is 0 Å². The average Bonchev–Trinajstić information content (AvgIpc) is 2.25. The van der Waals surface area contributed by atoms with Crippen molar-refractivity contribution >= 4 is 33.3 Å². The normalized spacial score (nSPS) is 46.5. The molecule has 2 N–H and O–H groups in total. The molecule has 6 heavy (non-hydrogen) atoms. The molecule has 1 unspecified atom stereocenters. The van der Waals surface area contributed by atoms with Gasteiger partial charge in [-0.2, -0.15) is 0 Å². The van der Waals surface area contributed by atoms with E-state index in [0.717, 1.165) is 0 Å². The highest BCUT2D eigenvalue weighted by Gasteiger charge is 2.66. The maximum absolute atomic E-state index is 5.48. The van der Waals surface area contributed by atoms with Gasteiger partial charge < -0.3 is 5.73 Å². The van der Waals surface area contributed by atoms with E-state index in [-0.39, 0.29) is 0 Å². The zero-order valence-corrected chi connectivity index (χ0v) is 5.33. The van der Waals surface area contributed by atoms with Crippen molar-refractivity contribution < 1.29 is 0 Å². The molecule has 4 heteroatoms. The zero-order chi connectivity index (χ0) is 4.20. The van der Waals surface area contributed by atoms with Gasteiger partial charge in [0.25, 0.3) is 0 Å². The maximum atomic E-state index is 5.48. The first kappa shape index (κ1) is 3.95. The van der Waals surface area contributed by atoms with E-state index in [2.05, 4.69) is 0 Å². The van der Waals surface area contributed by atoms with Crippen LogP contribution < -0.4 is 5.73 Å². The summed E-state index contributed by atoms with van der Waals surface area (Å²) in [7, 11) is 3.80. The lowest BCUT2D eigenvalue weighted by atomic mass is 10.8. The molecule has 2 rings (SSSR count). The Kier molecular flexibility index (Phi) is 0.586. The van der Waals surface area contributed by atoms with Gasteiger partial charge in [-0.1, -0.05) is 21.6 Å². The molecule has 34 valence electrons. The van der Waals surface area contributed by atoms with Gasteiger partial charge in [0.15, 0.2) is 3.41 Å². The first-order chi connectivity index (χ1) is 2.83. The van der Waals surface area contributed by atoms with Crippen LogP contribution >= 0.6 is 33.3 Å². The Morgan fingerprint density at radius 1 is 1.50 bits per heavy atom. The molecule has 1 spiro atoms. The largest absolute Gasteiger partial charge is 0.317 e. The Balaban J connectivity index is 2.17. The number of nitrogens with two attached hydrogens (primary N) is 1. The molecule has 0 aromatic carbocycles. The Morgan fingerprint density at radius 2 is 2.00 bits per heavy atom. The average molecular weight is 137 g/mol. The Labute approximate surface area is 48.2 Å². The van der Waals surface area contributed by atoms with Crippen molar-refractivity contribution in [2.45, 2.75) is 8.78 Å². The van der Waals surface area contributed by atoms with Gasteiger partial charge in [0.2, 0.25) is 0 Å². The monoisotopic (exact) mass is 137 g/mol. The van der Waals surface area contributed by atoms with Crippen molar-refractivity contribution in [3.05, 3.63) is 0 Å². The predicted molar refractivity (Wildman–Crippen MR) is 33.5 cm³/mol. The minimum Gasteiger partial charge on any atom is -0.317 e. The molecule has 2 aliphatic rings. The summed E-state index contributed by atoms with van der Waals surface area (Å²) in [5.74, 6) is 0. The van der Waals surface area contributed by atoms with Gasteiger partial charge in [0.1, 0.15) is 0 Å². The lowest BCUT2D eigenvalue weighted by Crippen LogP contribution is -2.02. The quantitative estimate of drug-likeness (QED) is 0.399. The molecule has 0 aliphatic carbocycles. The first-order valence-electron chi connectivity index (χ1n) is 1.64. The van der Waals surface area contributed by atoms with Crippen molar-refractivity contribution in [2.75, 3.05) is 0 Å². The van der Waals surface area contributed by atoms with Crippen molar-refractivity contribution in [2.24, 2.45) is 5.73 Å². The molecule has 2 aliphatic heterocycles. The highest BCUT2D eigenvalue weighted by atomic mass is 33.2. The summed E-state index contributed by atoms with van der Waals surface area (Å²) >= 11 is 1.86. The van der Waals surface area contributed by atoms with E-state index in [4.69, 9.17) is 5.73 Å². The molecule has 0 radical (unpaired) electrons. The molecule has 0 bridgehead atoms. The summed E-state index contributed by atoms with van der Waals surface area (Å²) in [6.45, 7) is 0. The molecule has 1 atom stereocenters. The van der Waals surface area contributed by atoms with E-state index in [9.17, 15) is 0 Å². The number of thioether (sulfide) groups is 1. The summed E-state index contributed by atoms with van der Waals surface area (Å²) in [6, 6.07) is 0. The van der Waals surface area contributed by atoms with Crippen LogP contribution in [0, 0.1) is 0 Å². The van der Waals surface area contributed by atoms with E-state index in [0.29, 0.717) is 8.78 Å². The van der Waals surface area contributed by atoms with E-state index in [1.165, 1.54) is 0 Å². The van der Waals surface area contributed by atoms with Crippen LogP contribution in [0.3, 0.4) is 0 Å². The van der Waals surface area contributed by atoms with E-state index >= 15 is 0 Å². The molecule has 0 aromatic heterocycles. The smallest absolute Gasteiger partial charge is 0.153 e. The van der Waals surface area contributed by atoms with Gasteiger partial charge in [-0.3, -0.25) is 0 Å². The molecule has 2 saturated heterocycles. The van der Waals surface area contributed by atoms with Crippen molar-refractivity contribution in [1.29, 1.82) is 0 Å². The highest BCUT2D eigenvalue weighted by molar-refractivity contribution is 8.99. The standard InChI is InChI=1S/C2H3NS3/c3-1-2(4-1)5-6-2/h1H,3H2. The topological polar surface area (TPSA) is 26.0 Å². The number of hydrogen-bond acceptors (Lipinski definition) is 4. The lowest BCUT2D eigenvalue weighted by Gasteiger charge is -1.64. The van der Waals surface area contributed by atoms with Crippen LogP contribution in [-0.4, -0.2) is 8.78 Å². The fraction of sp³-hybridized carbons (Fsp3) is 1.00. The van der Waals surface area contributed by atoms with E-state index in [1.54, 1.807) is 0 Å². The van der Waals surface area contributed by atoms with Gasteiger partial charge >= 0.3 is 0 Å². The van der Waals surface area contributed by atoms with Crippen LogP contribution in [0.15, 0.2) is 0 Å². The van der Waals surface area contributed by atoms with E-state index in [1.807, 2.05) is 33.3 Å². The molecule has 2 fully saturated rings. The number of hydrogen-bond donors (Lipinski definition) is 1. The molecule has 0 aromatic rings. The maximum Gasteiger partial charge on any atom is 0.153 e. The predicted octanol–water partition coefficient (Wildman–Crippen LogP) is 1.07. The third kappa shape index (κ3) is 0.358. The minimum atomic E-state index is 0.451. The van der Waals surface area contributed by atoms with Crippen LogP contribution in [0.5, 0.6) is 0 Å². The second kappa shape index (κ2) is 0.891. The molecular formula is C2H3NS3. The van der Waals surface area contributed by atoms with Gasteiger partial charge in [-0.15, -0.1) is 11.8 Å². The summed E-state index contributed by atoms with van der Waals surface area (Å²) in [4.78, 5) is 0. The lowest BCUT2D eigenvalue weighted by molar-refractivity contribution is 1.11. The summed E-state index contributed by atoms with van der Waals surface area (Å²) in [6.07, 6.45) is 0. The van der Waals surface area contributed by atoms with Crippen molar-refractivity contribution in [1.82, 2.24) is 0 Å². The molecular weight excluding hydrogens is 134 g/mol. The molecule has 2 heterocycles. The second-order valence-corrected chi connectivity index (χ2v) is 6.09. The van der Waals surface area contributed by atoms with Crippen LogP contribution in [-0.2, 0) is 0 Å². The molecule has 0 amide bonds. The highest BCUT2D eigenvalue weighted by Crippen LogP contribution is 2.84. The Hall–Kier alpha value is 1.01. The van der Waals surface area contributed by atoms with Gasteiger partial charge in [-0.25, -0.2) is 0 Å². The zero-order valence-electron chi connectivity index (χ0n) is 2.88. The fourth-order valence-electron chi connectivity index (χ4n) is 0.318. The Morgan fingerprint density at radius 3 is 2.00 bits per heavy atom. The van der Waals surface area contributed by atoms with Gasteiger partial charge in [0, 0.05) is 0 Å². The second-order valence-electron chi connectivity index (χ2n) is 1.31. The first-order valence-corrected chi connectivity index (χ1v) is 4.67. The Bertz CT molecular complexity index is 88.8. The van der Waals surface area contributed by atoms with Crippen LogP contribution in [0.4, 0.5) is 0 Å². The fourth-order valence-corrected chi connectivity index (χ4v) is 4.35. The SMILES string of the molecule is NC1SC12SS2. The van der Waals surface area contributed by atoms with Crippen LogP contribution in [0.25, 0.3) is 0 Å². The third-order valence-corrected chi connectivity index (χ3v) is 6.36. The summed E-state index contributed by atoms with van der Waals surface area (Å²) in [5.41, 5.74) is 5.48. The minimum absolute atomic E-state index is 0.451. The number of rotatable bonds is 0. The summed E-state index contributed by atoms with van der Waals surface area (Å²) in [5, 5.41) is 0.451. The van der Waals surface area contributed by atoms with Crippen molar-refractivity contribution in [3.63, 3.8) is 0 Å². The van der Waals surface area contributed by atoms with Gasteiger partial charge in [-0.05, 0) is 0 Å². The van der Waals surface area contributed by atoms with Gasteiger partial charge in [0.05, 0.1) is 5.37 Å².